The maximum atomic E-state index is 11.7. The summed E-state index contributed by atoms with van der Waals surface area (Å²) in [5.74, 6) is 0.479. The molecule has 0 saturated carbocycles. The molecule has 8 heteroatoms. The van der Waals surface area contributed by atoms with Gasteiger partial charge in [0.05, 0.1) is 24.4 Å². The molecule has 6 unspecified atom stereocenters. The Morgan fingerprint density at radius 3 is 1.43 bits per heavy atom. The van der Waals surface area contributed by atoms with Gasteiger partial charge in [0.2, 0.25) is 0 Å². The molecule has 2 aliphatic heterocycles. The van der Waals surface area contributed by atoms with Crippen LogP contribution in [0.5, 0.6) is 0 Å². The number of carboxylic acids is 2. The van der Waals surface area contributed by atoms with E-state index in [0.29, 0.717) is 55.6 Å². The van der Waals surface area contributed by atoms with Crippen molar-refractivity contribution in [2.24, 2.45) is 41.4 Å². The second kappa shape index (κ2) is 15.7. The van der Waals surface area contributed by atoms with Crippen molar-refractivity contribution in [2.45, 2.75) is 150 Å². The number of aliphatic carboxylic acids is 2. The van der Waals surface area contributed by atoms with Crippen molar-refractivity contribution >= 4 is 11.9 Å². The van der Waals surface area contributed by atoms with E-state index >= 15 is 0 Å². The van der Waals surface area contributed by atoms with E-state index < -0.39 is 23.1 Å². The Morgan fingerprint density at radius 1 is 0.714 bits per heavy atom. The van der Waals surface area contributed by atoms with Crippen LogP contribution in [-0.4, -0.2) is 71.0 Å². The smallest absolute Gasteiger partial charge is 0.303 e. The van der Waals surface area contributed by atoms with Crippen LogP contribution in [0.4, 0.5) is 0 Å². The van der Waals surface area contributed by atoms with Gasteiger partial charge in [0, 0.05) is 12.8 Å². The van der Waals surface area contributed by atoms with Crippen LogP contribution < -0.4 is 0 Å². The largest absolute Gasteiger partial charge is 0.481 e. The van der Waals surface area contributed by atoms with Gasteiger partial charge in [0.15, 0.2) is 0 Å². The summed E-state index contributed by atoms with van der Waals surface area (Å²) in [7, 11) is 0. The molecule has 10 atom stereocenters. The lowest BCUT2D eigenvalue weighted by molar-refractivity contribution is -0.181. The van der Waals surface area contributed by atoms with Gasteiger partial charge < -0.3 is 29.2 Å². The van der Waals surface area contributed by atoms with E-state index in [0.717, 1.165) is 12.8 Å². The molecule has 0 aromatic heterocycles. The Kier molecular flexibility index (Phi) is 13.8. The molecule has 2 rings (SSSR count). The predicted octanol–water partition coefficient (Wildman–Crippen LogP) is 7.07. The van der Waals surface area contributed by atoms with Gasteiger partial charge in [-0.15, -0.1) is 0 Å². The van der Waals surface area contributed by atoms with Crippen LogP contribution in [-0.2, 0) is 28.5 Å². The van der Waals surface area contributed by atoms with Crippen molar-refractivity contribution in [3.63, 3.8) is 0 Å². The first kappa shape index (κ1) is 37.0. The first-order valence-corrected chi connectivity index (χ1v) is 16.5. The third-order valence-electron chi connectivity index (χ3n) is 10.4. The SMILES string of the molecule is CCC(C)C(C(C)C)C(C)(CCC(=O)O)O[C@@H]1CO[C@H]2[C@@H]1OC[C@@H]2OC(C)(CCC(=O)O)C(C(C)C)C(CC)C(C)C. The second-order valence-corrected chi connectivity index (χ2v) is 14.6. The van der Waals surface area contributed by atoms with Crippen molar-refractivity contribution in [3.8, 4) is 0 Å². The molecule has 2 N–H and O–H groups in total. The van der Waals surface area contributed by atoms with Crippen LogP contribution in [0, 0.1) is 41.4 Å². The fourth-order valence-corrected chi connectivity index (χ4v) is 8.65. The van der Waals surface area contributed by atoms with Crippen LogP contribution in [0.2, 0.25) is 0 Å². The molecule has 0 spiro atoms. The quantitative estimate of drug-likeness (QED) is 0.162. The van der Waals surface area contributed by atoms with Crippen LogP contribution in [0.25, 0.3) is 0 Å². The van der Waals surface area contributed by atoms with Crippen LogP contribution in [0.3, 0.4) is 0 Å². The molecule has 0 radical (unpaired) electrons. The monoisotopic (exact) mass is 598 g/mol. The van der Waals surface area contributed by atoms with Gasteiger partial charge in [-0.05, 0) is 68.1 Å². The maximum absolute atomic E-state index is 11.7. The minimum absolute atomic E-state index is 0.0383. The molecule has 0 aromatic rings. The lowest BCUT2D eigenvalue weighted by Gasteiger charge is -2.47. The number of hydrogen-bond donors (Lipinski definition) is 2. The van der Waals surface area contributed by atoms with Crippen molar-refractivity contribution in [1.82, 2.24) is 0 Å². The summed E-state index contributed by atoms with van der Waals surface area (Å²) in [6, 6.07) is 0. The Bertz CT molecular complexity index is 858. The third kappa shape index (κ3) is 8.92. The zero-order valence-electron chi connectivity index (χ0n) is 28.4. The van der Waals surface area contributed by atoms with Crippen molar-refractivity contribution in [2.75, 3.05) is 13.2 Å². The van der Waals surface area contributed by atoms with E-state index in [1.165, 1.54) is 0 Å². The summed E-state index contributed by atoms with van der Waals surface area (Å²) >= 11 is 0. The average molecular weight is 599 g/mol. The zero-order valence-corrected chi connectivity index (χ0v) is 28.4. The summed E-state index contributed by atoms with van der Waals surface area (Å²) in [6.07, 6.45) is 1.57. The van der Waals surface area contributed by atoms with Gasteiger partial charge in [0.1, 0.15) is 24.4 Å². The van der Waals surface area contributed by atoms with Gasteiger partial charge in [0.25, 0.3) is 0 Å². The summed E-state index contributed by atoms with van der Waals surface area (Å²) in [4.78, 5) is 23.3. The van der Waals surface area contributed by atoms with E-state index in [1.54, 1.807) is 0 Å². The van der Waals surface area contributed by atoms with Crippen molar-refractivity contribution in [1.29, 1.82) is 0 Å². The number of carbonyl (C=O) groups is 2. The molecule has 2 aliphatic rings. The van der Waals surface area contributed by atoms with Gasteiger partial charge in [-0.25, -0.2) is 0 Å². The highest BCUT2D eigenvalue weighted by Gasteiger charge is 2.55. The first-order chi connectivity index (χ1) is 19.5. The molecule has 0 aliphatic carbocycles. The number of rotatable bonds is 19. The first-order valence-electron chi connectivity index (χ1n) is 16.5. The van der Waals surface area contributed by atoms with E-state index in [2.05, 4.69) is 76.2 Å². The zero-order chi connectivity index (χ0) is 32.0. The lowest BCUT2D eigenvalue weighted by atomic mass is 9.66. The summed E-state index contributed by atoms with van der Waals surface area (Å²) in [6.45, 7) is 24.7. The average Bonchev–Trinajstić information content (AvgIpc) is 3.47. The van der Waals surface area contributed by atoms with E-state index in [1.807, 2.05) is 0 Å². The minimum atomic E-state index is -0.824. The molecule has 0 amide bonds. The van der Waals surface area contributed by atoms with Gasteiger partial charge >= 0.3 is 11.9 Å². The Hall–Kier alpha value is -1.22. The third-order valence-corrected chi connectivity index (χ3v) is 10.4. The molecule has 0 aromatic carbocycles. The summed E-state index contributed by atoms with van der Waals surface area (Å²) < 4.78 is 26.5. The predicted molar refractivity (Wildman–Crippen MR) is 165 cm³/mol. The van der Waals surface area contributed by atoms with E-state index in [4.69, 9.17) is 18.9 Å². The highest BCUT2D eigenvalue weighted by molar-refractivity contribution is 5.67. The fourth-order valence-electron chi connectivity index (χ4n) is 8.65. The maximum Gasteiger partial charge on any atom is 0.303 e. The lowest BCUT2D eigenvalue weighted by Crippen LogP contribution is -2.51. The molecule has 8 nitrogen and oxygen atoms in total. The van der Waals surface area contributed by atoms with E-state index in [9.17, 15) is 19.8 Å². The van der Waals surface area contributed by atoms with Gasteiger partial charge in [-0.1, -0.05) is 75.2 Å². The molecule has 2 fully saturated rings. The summed E-state index contributed by atoms with van der Waals surface area (Å²) in [5, 5.41) is 19.2. The van der Waals surface area contributed by atoms with Gasteiger partial charge in [-0.3, -0.25) is 9.59 Å². The standard InChI is InChI=1S/C34H62O8/c1-12-23(9)29(21(5)6)33(10,16-14-27(35)36)41-25-18-39-32-26(19-40-31(25)32)42-34(11,17-15-28(37)38)30(22(7)8)24(13-2)20(3)4/h20-26,29-32H,12-19H2,1-11H3,(H,35,36)(H,37,38)/t23?,24?,25-,26+,29?,30?,31-,32-,33?,34?/m1/s1. The van der Waals surface area contributed by atoms with E-state index in [-0.39, 0.29) is 49.1 Å². The number of hydrogen-bond acceptors (Lipinski definition) is 6. The Morgan fingerprint density at radius 2 is 1.12 bits per heavy atom. The summed E-state index contributed by atoms with van der Waals surface area (Å²) in [5.41, 5.74) is -1.32. The second-order valence-electron chi connectivity index (χ2n) is 14.6. The van der Waals surface area contributed by atoms with Gasteiger partial charge in [-0.2, -0.15) is 0 Å². The number of ether oxygens (including phenoxy) is 4. The molecule has 2 heterocycles. The fraction of sp³-hybridized carbons (Fsp3) is 0.941. The molecule has 246 valence electrons. The van der Waals surface area contributed by atoms with Crippen LogP contribution in [0.15, 0.2) is 0 Å². The topological polar surface area (TPSA) is 112 Å². The normalized spacial score (nSPS) is 28.3. The number of fused-ring (bicyclic) bond motifs is 1. The molecule has 42 heavy (non-hydrogen) atoms. The Balaban J connectivity index is 2.34. The molecule has 2 saturated heterocycles. The highest BCUT2D eigenvalue weighted by atomic mass is 16.7. The number of carboxylic acid groups (broad SMARTS) is 2. The molecular formula is C34H62O8. The molecule has 0 bridgehead atoms. The van der Waals surface area contributed by atoms with Crippen molar-refractivity contribution in [3.05, 3.63) is 0 Å². The van der Waals surface area contributed by atoms with Crippen LogP contribution >= 0.6 is 0 Å². The van der Waals surface area contributed by atoms with Crippen LogP contribution in [0.1, 0.15) is 115 Å². The highest BCUT2D eigenvalue weighted by Crippen LogP contribution is 2.46. The van der Waals surface area contributed by atoms with Crippen molar-refractivity contribution < 1.29 is 38.7 Å². The minimum Gasteiger partial charge on any atom is -0.481 e. The molecular weight excluding hydrogens is 536 g/mol. The Labute approximate surface area is 255 Å².